The Bertz CT molecular complexity index is 677. The van der Waals surface area contributed by atoms with E-state index in [4.69, 9.17) is 4.98 Å². The van der Waals surface area contributed by atoms with E-state index in [0.717, 1.165) is 50.8 Å². The highest BCUT2D eigenvalue weighted by molar-refractivity contribution is 5.45. The molecule has 5 heteroatoms. The first kappa shape index (κ1) is 16.7. The van der Waals surface area contributed by atoms with Crippen molar-refractivity contribution in [2.24, 2.45) is 0 Å². The number of aryl methyl sites for hydroxylation is 2. The summed E-state index contributed by atoms with van der Waals surface area (Å²) in [4.78, 5) is 14.1. The fourth-order valence-electron chi connectivity index (χ4n) is 3.09. The summed E-state index contributed by atoms with van der Waals surface area (Å²) in [6.45, 7) is 12.5. The Morgan fingerprint density at radius 3 is 2.54 bits per heavy atom. The summed E-state index contributed by atoms with van der Waals surface area (Å²) in [5.41, 5.74) is 3.52. The van der Waals surface area contributed by atoms with Gasteiger partial charge in [0.1, 0.15) is 5.82 Å². The Hall–Kier alpha value is -2.14. The Kier molecular flexibility index (Phi) is 5.30. The number of aromatic nitrogens is 2. The number of nitrogens with one attached hydrogen (secondary N) is 1. The second kappa shape index (κ2) is 7.62. The van der Waals surface area contributed by atoms with Crippen LogP contribution in [0.5, 0.6) is 0 Å². The number of hydrogen-bond acceptors (Lipinski definition) is 5. The molecule has 0 amide bonds. The third kappa shape index (κ3) is 4.23. The molecular formula is C19H27N5. The van der Waals surface area contributed by atoms with Gasteiger partial charge in [0.05, 0.1) is 0 Å². The lowest BCUT2D eigenvalue weighted by Gasteiger charge is -2.34. The van der Waals surface area contributed by atoms with Crippen molar-refractivity contribution < 1.29 is 0 Å². The van der Waals surface area contributed by atoms with Crippen LogP contribution in [0.4, 0.5) is 11.8 Å². The van der Waals surface area contributed by atoms with Gasteiger partial charge in [-0.3, -0.25) is 0 Å². The van der Waals surface area contributed by atoms with Gasteiger partial charge in [-0.05, 0) is 26.0 Å². The molecule has 128 valence electrons. The molecule has 1 fully saturated rings. The molecule has 0 atom stereocenters. The van der Waals surface area contributed by atoms with Crippen LogP contribution in [0.3, 0.4) is 0 Å². The van der Waals surface area contributed by atoms with Crippen LogP contribution in [0.15, 0.2) is 30.3 Å². The lowest BCUT2D eigenvalue weighted by Crippen LogP contribution is -2.46. The molecule has 0 saturated carbocycles. The van der Waals surface area contributed by atoms with Gasteiger partial charge < -0.3 is 15.1 Å². The van der Waals surface area contributed by atoms with E-state index < -0.39 is 0 Å². The van der Waals surface area contributed by atoms with Gasteiger partial charge in [-0.25, -0.2) is 4.98 Å². The van der Waals surface area contributed by atoms with Crippen molar-refractivity contribution in [3.8, 4) is 0 Å². The van der Waals surface area contributed by atoms with Crippen LogP contribution in [0.1, 0.15) is 23.7 Å². The first-order chi connectivity index (χ1) is 11.6. The summed E-state index contributed by atoms with van der Waals surface area (Å²) in [5.74, 6) is 1.74. The van der Waals surface area contributed by atoms with Gasteiger partial charge in [0, 0.05) is 44.5 Å². The zero-order valence-electron chi connectivity index (χ0n) is 14.9. The normalized spacial score (nSPS) is 15.5. The van der Waals surface area contributed by atoms with E-state index in [1.165, 1.54) is 11.1 Å². The highest BCUT2D eigenvalue weighted by Crippen LogP contribution is 2.17. The maximum Gasteiger partial charge on any atom is 0.225 e. The van der Waals surface area contributed by atoms with Crippen molar-refractivity contribution in [1.29, 1.82) is 0 Å². The second-order valence-corrected chi connectivity index (χ2v) is 6.46. The van der Waals surface area contributed by atoms with Crippen molar-refractivity contribution in [2.75, 3.05) is 42.9 Å². The molecule has 1 aliphatic heterocycles. The van der Waals surface area contributed by atoms with Crippen LogP contribution >= 0.6 is 0 Å². The molecule has 0 radical (unpaired) electrons. The topological polar surface area (TPSA) is 44.3 Å². The SMILES string of the molecule is CCN1CCN(c2cc(C)nc(NCc3cccc(C)c3)n2)CC1. The Balaban J connectivity index is 1.67. The minimum absolute atomic E-state index is 0.712. The van der Waals surface area contributed by atoms with Gasteiger partial charge >= 0.3 is 0 Å². The molecule has 5 nitrogen and oxygen atoms in total. The van der Waals surface area contributed by atoms with Crippen LogP contribution < -0.4 is 10.2 Å². The van der Waals surface area contributed by atoms with Crippen LogP contribution in [-0.4, -0.2) is 47.6 Å². The molecule has 24 heavy (non-hydrogen) atoms. The van der Waals surface area contributed by atoms with Gasteiger partial charge in [-0.2, -0.15) is 4.98 Å². The molecule has 0 aliphatic carbocycles. The first-order valence-corrected chi connectivity index (χ1v) is 8.76. The van der Waals surface area contributed by atoms with Crippen molar-refractivity contribution in [3.63, 3.8) is 0 Å². The third-order valence-corrected chi connectivity index (χ3v) is 4.52. The van der Waals surface area contributed by atoms with Crippen molar-refractivity contribution in [3.05, 3.63) is 47.2 Å². The summed E-state index contributed by atoms with van der Waals surface area (Å²) >= 11 is 0. The largest absolute Gasteiger partial charge is 0.354 e. The predicted octanol–water partition coefficient (Wildman–Crippen LogP) is 2.85. The average molecular weight is 325 g/mol. The Morgan fingerprint density at radius 2 is 1.83 bits per heavy atom. The van der Waals surface area contributed by atoms with Gasteiger partial charge in [-0.15, -0.1) is 0 Å². The number of benzene rings is 1. The monoisotopic (exact) mass is 325 g/mol. The molecule has 1 aromatic heterocycles. The standard InChI is InChI=1S/C19H27N5/c1-4-23-8-10-24(11-9-23)18-13-16(3)21-19(22-18)20-14-17-7-5-6-15(2)12-17/h5-7,12-13H,4,8-11,14H2,1-3H3,(H,20,21,22). The molecular weight excluding hydrogens is 298 g/mol. The van der Waals surface area contributed by atoms with Gasteiger partial charge in [-0.1, -0.05) is 36.8 Å². The number of piperazine rings is 1. The number of likely N-dealkylation sites (N-methyl/N-ethyl adjacent to an activating group) is 1. The van der Waals surface area contributed by atoms with Crippen molar-refractivity contribution >= 4 is 11.8 Å². The van der Waals surface area contributed by atoms with Crippen LogP contribution in [0.2, 0.25) is 0 Å². The average Bonchev–Trinajstić information content (AvgIpc) is 2.60. The molecule has 1 aliphatic rings. The maximum atomic E-state index is 4.73. The van der Waals surface area contributed by atoms with Crippen LogP contribution in [0, 0.1) is 13.8 Å². The summed E-state index contributed by atoms with van der Waals surface area (Å²) < 4.78 is 0. The molecule has 0 bridgehead atoms. The second-order valence-electron chi connectivity index (χ2n) is 6.46. The zero-order valence-corrected chi connectivity index (χ0v) is 14.9. The molecule has 0 unspecified atom stereocenters. The lowest BCUT2D eigenvalue weighted by atomic mass is 10.1. The van der Waals surface area contributed by atoms with E-state index in [1.807, 2.05) is 6.92 Å². The van der Waals surface area contributed by atoms with Gasteiger partial charge in [0.15, 0.2) is 0 Å². The number of nitrogens with zero attached hydrogens (tertiary/aromatic N) is 4. The van der Waals surface area contributed by atoms with Crippen molar-refractivity contribution in [1.82, 2.24) is 14.9 Å². The van der Waals surface area contributed by atoms with Crippen LogP contribution in [-0.2, 0) is 6.54 Å². The molecule has 2 heterocycles. The summed E-state index contributed by atoms with van der Waals surface area (Å²) in [7, 11) is 0. The lowest BCUT2D eigenvalue weighted by molar-refractivity contribution is 0.270. The minimum Gasteiger partial charge on any atom is -0.354 e. The molecule has 1 N–H and O–H groups in total. The van der Waals surface area contributed by atoms with E-state index in [0.29, 0.717) is 5.95 Å². The van der Waals surface area contributed by atoms with E-state index in [-0.39, 0.29) is 0 Å². The molecule has 1 saturated heterocycles. The van der Waals surface area contributed by atoms with E-state index in [9.17, 15) is 0 Å². The summed E-state index contributed by atoms with van der Waals surface area (Å²) in [6.07, 6.45) is 0. The number of rotatable bonds is 5. The molecule has 1 aromatic carbocycles. The predicted molar refractivity (Wildman–Crippen MR) is 99.6 cm³/mol. The summed E-state index contributed by atoms with van der Waals surface area (Å²) in [5, 5.41) is 3.37. The smallest absolute Gasteiger partial charge is 0.225 e. The first-order valence-electron chi connectivity index (χ1n) is 8.76. The maximum absolute atomic E-state index is 4.73. The van der Waals surface area contributed by atoms with E-state index >= 15 is 0 Å². The number of hydrogen-bond donors (Lipinski definition) is 1. The fourth-order valence-corrected chi connectivity index (χ4v) is 3.09. The number of anilines is 2. The van der Waals surface area contributed by atoms with Crippen LogP contribution in [0.25, 0.3) is 0 Å². The highest BCUT2D eigenvalue weighted by Gasteiger charge is 2.17. The third-order valence-electron chi connectivity index (χ3n) is 4.52. The quantitative estimate of drug-likeness (QED) is 0.916. The van der Waals surface area contributed by atoms with Gasteiger partial charge in [0.2, 0.25) is 5.95 Å². The van der Waals surface area contributed by atoms with E-state index in [2.05, 4.69) is 64.3 Å². The van der Waals surface area contributed by atoms with Gasteiger partial charge in [0.25, 0.3) is 0 Å². The molecule has 2 aromatic rings. The zero-order chi connectivity index (χ0) is 16.9. The summed E-state index contributed by atoms with van der Waals surface area (Å²) in [6, 6.07) is 10.6. The fraction of sp³-hybridized carbons (Fsp3) is 0.474. The molecule has 0 spiro atoms. The van der Waals surface area contributed by atoms with Crippen molar-refractivity contribution in [2.45, 2.75) is 27.3 Å². The minimum atomic E-state index is 0.712. The Morgan fingerprint density at radius 1 is 1.04 bits per heavy atom. The Labute approximate surface area is 144 Å². The van der Waals surface area contributed by atoms with E-state index in [1.54, 1.807) is 0 Å². The highest BCUT2D eigenvalue weighted by atomic mass is 15.3. The molecule has 3 rings (SSSR count).